The van der Waals surface area contributed by atoms with Gasteiger partial charge >= 0.3 is 0 Å². The van der Waals surface area contributed by atoms with Crippen LogP contribution in [0.2, 0.25) is 0 Å². The number of hydrogen-bond acceptors (Lipinski definition) is 6. The highest BCUT2D eigenvalue weighted by atomic mass is 16.5. The minimum absolute atomic E-state index is 0.149. The molecular weight excluding hydrogens is 408 g/mol. The van der Waals surface area contributed by atoms with E-state index in [4.69, 9.17) is 14.2 Å². The summed E-state index contributed by atoms with van der Waals surface area (Å²) in [6.07, 6.45) is 0. The van der Waals surface area contributed by atoms with Crippen LogP contribution in [0, 0.1) is 0 Å². The predicted molar refractivity (Wildman–Crippen MR) is 122 cm³/mol. The summed E-state index contributed by atoms with van der Waals surface area (Å²) in [5, 5.41) is 3.13. The Bertz CT molecular complexity index is 1200. The lowest BCUT2D eigenvalue weighted by Gasteiger charge is -2.15. The summed E-state index contributed by atoms with van der Waals surface area (Å²) in [5.41, 5.74) is 1.95. The maximum absolute atomic E-state index is 13.5. The highest BCUT2D eigenvalue weighted by Gasteiger charge is 2.40. The van der Waals surface area contributed by atoms with Gasteiger partial charge < -0.3 is 19.5 Å². The van der Waals surface area contributed by atoms with Crippen molar-refractivity contribution in [2.24, 2.45) is 0 Å². The van der Waals surface area contributed by atoms with Crippen LogP contribution in [0.25, 0.3) is 5.57 Å². The van der Waals surface area contributed by atoms with E-state index < -0.39 is 11.8 Å². The van der Waals surface area contributed by atoms with Crippen LogP contribution in [0.15, 0.2) is 78.5 Å². The van der Waals surface area contributed by atoms with Crippen molar-refractivity contribution in [3.8, 4) is 17.2 Å². The maximum Gasteiger partial charge on any atom is 0.282 e. The Kier molecular flexibility index (Phi) is 5.81. The topological polar surface area (TPSA) is 77.1 Å². The monoisotopic (exact) mass is 430 g/mol. The smallest absolute Gasteiger partial charge is 0.282 e. The molecule has 2 amide bonds. The lowest BCUT2D eigenvalue weighted by molar-refractivity contribution is -0.120. The van der Waals surface area contributed by atoms with Crippen molar-refractivity contribution in [2.75, 3.05) is 31.5 Å². The van der Waals surface area contributed by atoms with Gasteiger partial charge in [0, 0.05) is 0 Å². The van der Waals surface area contributed by atoms with Crippen LogP contribution in [-0.4, -0.2) is 33.1 Å². The van der Waals surface area contributed by atoms with Gasteiger partial charge in [-0.15, -0.1) is 0 Å². The first kappa shape index (κ1) is 21.0. The van der Waals surface area contributed by atoms with Gasteiger partial charge in [0.25, 0.3) is 11.8 Å². The third-order valence-electron chi connectivity index (χ3n) is 5.14. The number of anilines is 2. The van der Waals surface area contributed by atoms with E-state index in [0.29, 0.717) is 34.2 Å². The van der Waals surface area contributed by atoms with Crippen molar-refractivity contribution in [1.82, 2.24) is 0 Å². The van der Waals surface area contributed by atoms with E-state index in [0.717, 1.165) is 4.90 Å². The molecule has 4 rings (SSSR count). The van der Waals surface area contributed by atoms with E-state index >= 15 is 0 Å². The van der Waals surface area contributed by atoms with Gasteiger partial charge in [-0.3, -0.25) is 9.59 Å². The van der Waals surface area contributed by atoms with Crippen molar-refractivity contribution < 1.29 is 23.8 Å². The van der Waals surface area contributed by atoms with Crippen LogP contribution < -0.4 is 24.4 Å². The summed E-state index contributed by atoms with van der Waals surface area (Å²) < 4.78 is 16.1. The van der Waals surface area contributed by atoms with E-state index in [9.17, 15) is 9.59 Å². The molecule has 1 aliphatic heterocycles. The largest absolute Gasteiger partial charge is 0.495 e. The van der Waals surface area contributed by atoms with E-state index in [1.807, 2.05) is 18.2 Å². The fourth-order valence-corrected chi connectivity index (χ4v) is 3.60. The van der Waals surface area contributed by atoms with Crippen LogP contribution >= 0.6 is 0 Å². The van der Waals surface area contributed by atoms with Crippen LogP contribution in [0.4, 0.5) is 11.4 Å². The molecule has 0 saturated carbocycles. The second kappa shape index (κ2) is 8.85. The second-order valence-electron chi connectivity index (χ2n) is 6.93. The first-order chi connectivity index (χ1) is 15.6. The molecule has 1 heterocycles. The number of para-hydroxylation sites is 3. The number of nitrogens with one attached hydrogen (secondary N) is 1. The minimum atomic E-state index is -0.461. The van der Waals surface area contributed by atoms with Gasteiger partial charge in [0.1, 0.15) is 11.4 Å². The number of hydrogen-bond donors (Lipinski definition) is 1. The summed E-state index contributed by atoms with van der Waals surface area (Å²) in [5.74, 6) is 0.619. The molecule has 3 aromatic carbocycles. The number of benzene rings is 3. The molecule has 1 N–H and O–H groups in total. The van der Waals surface area contributed by atoms with Gasteiger partial charge in [-0.05, 0) is 42.0 Å². The van der Waals surface area contributed by atoms with Crippen molar-refractivity contribution >= 4 is 28.8 Å². The van der Waals surface area contributed by atoms with Gasteiger partial charge in [0.05, 0.1) is 38.3 Å². The molecule has 0 unspecified atom stereocenters. The van der Waals surface area contributed by atoms with Gasteiger partial charge in [-0.1, -0.05) is 36.4 Å². The standard InChI is InChI=1S/C25H22N2O5/c1-30-19-12-8-7-11-18(19)26-23-22(16-13-14-20(31-2)21(15-16)32-3)24(28)27(25(23)29)17-9-5-4-6-10-17/h4-15,26H,1-3H3. The molecule has 0 fully saturated rings. The molecule has 0 atom stereocenters. The summed E-state index contributed by atoms with van der Waals surface area (Å²) in [4.78, 5) is 28.2. The SMILES string of the molecule is COc1ccccc1NC1=C(c2ccc(OC)c(OC)c2)C(=O)N(c2ccccc2)C1=O. The Hall–Kier alpha value is -4.26. The normalized spacial score (nSPS) is 13.4. The summed E-state index contributed by atoms with van der Waals surface area (Å²) >= 11 is 0. The number of rotatable bonds is 7. The highest BCUT2D eigenvalue weighted by molar-refractivity contribution is 6.46. The number of methoxy groups -OCH3 is 3. The number of carbonyl (C=O) groups is 2. The molecule has 7 heteroatoms. The number of carbonyl (C=O) groups excluding carboxylic acids is 2. The van der Waals surface area contributed by atoms with Gasteiger partial charge in [-0.2, -0.15) is 0 Å². The molecule has 32 heavy (non-hydrogen) atoms. The lowest BCUT2D eigenvalue weighted by Crippen LogP contribution is -2.32. The van der Waals surface area contributed by atoms with Gasteiger partial charge in [0.2, 0.25) is 0 Å². The summed E-state index contributed by atoms with van der Waals surface area (Å²) in [7, 11) is 4.59. The molecule has 3 aromatic rings. The van der Waals surface area contributed by atoms with Crippen LogP contribution in [0.5, 0.6) is 17.2 Å². The fourth-order valence-electron chi connectivity index (χ4n) is 3.60. The first-order valence-corrected chi connectivity index (χ1v) is 9.89. The van der Waals surface area contributed by atoms with E-state index in [1.54, 1.807) is 61.7 Å². The number of amides is 2. The Morgan fingerprint density at radius 1 is 0.688 bits per heavy atom. The first-order valence-electron chi connectivity index (χ1n) is 9.89. The number of nitrogens with zero attached hydrogens (tertiary/aromatic N) is 1. The van der Waals surface area contributed by atoms with Gasteiger partial charge in [0.15, 0.2) is 11.5 Å². The highest BCUT2D eigenvalue weighted by Crippen LogP contribution is 2.38. The van der Waals surface area contributed by atoms with Crippen LogP contribution in [0.1, 0.15) is 5.56 Å². The van der Waals surface area contributed by atoms with Crippen molar-refractivity contribution in [1.29, 1.82) is 0 Å². The molecule has 0 saturated heterocycles. The average Bonchev–Trinajstić information content (AvgIpc) is 3.08. The van der Waals surface area contributed by atoms with Crippen molar-refractivity contribution in [3.05, 3.63) is 84.1 Å². The number of imide groups is 1. The molecule has 0 aromatic heterocycles. The zero-order valence-corrected chi connectivity index (χ0v) is 17.9. The average molecular weight is 430 g/mol. The molecule has 7 nitrogen and oxygen atoms in total. The van der Waals surface area contributed by atoms with E-state index in [-0.39, 0.29) is 11.3 Å². The number of ether oxygens (including phenoxy) is 3. The molecule has 162 valence electrons. The molecule has 0 bridgehead atoms. The fraction of sp³-hybridized carbons (Fsp3) is 0.120. The van der Waals surface area contributed by atoms with Crippen molar-refractivity contribution in [3.63, 3.8) is 0 Å². The van der Waals surface area contributed by atoms with E-state index in [1.165, 1.54) is 14.2 Å². The Labute approximate surface area is 185 Å². The molecular formula is C25H22N2O5. The van der Waals surface area contributed by atoms with Crippen LogP contribution in [-0.2, 0) is 9.59 Å². The minimum Gasteiger partial charge on any atom is -0.495 e. The summed E-state index contributed by atoms with van der Waals surface area (Å²) in [6, 6.07) is 21.1. The summed E-state index contributed by atoms with van der Waals surface area (Å²) in [6.45, 7) is 0. The molecule has 0 aliphatic carbocycles. The second-order valence-corrected chi connectivity index (χ2v) is 6.93. The molecule has 0 radical (unpaired) electrons. The molecule has 1 aliphatic rings. The Balaban J connectivity index is 1.87. The Morgan fingerprint density at radius 3 is 2.03 bits per heavy atom. The zero-order valence-electron chi connectivity index (χ0n) is 17.9. The quantitative estimate of drug-likeness (QED) is 0.569. The van der Waals surface area contributed by atoms with Gasteiger partial charge in [-0.25, -0.2) is 4.90 Å². The Morgan fingerprint density at radius 2 is 1.34 bits per heavy atom. The molecule has 0 spiro atoms. The third-order valence-corrected chi connectivity index (χ3v) is 5.14. The maximum atomic E-state index is 13.5. The lowest BCUT2D eigenvalue weighted by atomic mass is 10.0. The zero-order chi connectivity index (χ0) is 22.7. The van der Waals surface area contributed by atoms with Crippen LogP contribution in [0.3, 0.4) is 0 Å². The van der Waals surface area contributed by atoms with E-state index in [2.05, 4.69) is 5.32 Å². The van der Waals surface area contributed by atoms with Crippen molar-refractivity contribution in [2.45, 2.75) is 0 Å². The predicted octanol–water partition coefficient (Wildman–Crippen LogP) is 4.11. The third kappa shape index (κ3) is 3.65.